The third-order valence-electron chi connectivity index (χ3n) is 5.08. The smallest absolute Gasteiger partial charge is 0.230 e. The lowest BCUT2D eigenvalue weighted by Gasteiger charge is -2.31. The van der Waals surface area contributed by atoms with Crippen LogP contribution in [0.1, 0.15) is 24.3 Å². The van der Waals surface area contributed by atoms with E-state index in [0.29, 0.717) is 31.0 Å². The molecule has 0 N–H and O–H groups in total. The third kappa shape index (κ3) is 5.04. The minimum Gasteiger partial charge on any atom is -0.497 e. The average Bonchev–Trinajstić information content (AvgIpc) is 3.09. The molecule has 1 aromatic heterocycles. The molecule has 1 aromatic carbocycles. The molecule has 0 amide bonds. The van der Waals surface area contributed by atoms with Crippen molar-refractivity contribution in [2.45, 2.75) is 32.4 Å². The molecule has 0 aliphatic carbocycles. The van der Waals surface area contributed by atoms with E-state index < -0.39 is 0 Å². The van der Waals surface area contributed by atoms with Crippen LogP contribution in [0.25, 0.3) is 11.5 Å². The third-order valence-corrected chi connectivity index (χ3v) is 5.08. The number of hydrogen-bond donors (Lipinski definition) is 0. The van der Waals surface area contributed by atoms with Crippen LogP contribution >= 0.6 is 0 Å². The molecule has 7 nitrogen and oxygen atoms in total. The summed E-state index contributed by atoms with van der Waals surface area (Å²) in [4.78, 5) is 7.14. The number of rotatable bonds is 9. The Hall–Kier alpha value is -2.09. The molecule has 3 rings (SSSR count). The zero-order valence-corrected chi connectivity index (χ0v) is 17.2. The van der Waals surface area contributed by atoms with E-state index in [1.54, 1.807) is 21.3 Å². The number of nitrogens with zero attached hydrogens (tertiary/aromatic N) is 2. The maximum Gasteiger partial charge on any atom is 0.230 e. The van der Waals surface area contributed by atoms with E-state index in [-0.39, 0.29) is 0 Å². The fraction of sp³-hybridized carbons (Fsp3) is 0.571. The summed E-state index contributed by atoms with van der Waals surface area (Å²) >= 11 is 0. The number of methoxy groups -OCH3 is 3. The minimum atomic E-state index is 0.321. The van der Waals surface area contributed by atoms with Gasteiger partial charge in [0.1, 0.15) is 17.3 Å². The summed E-state index contributed by atoms with van der Waals surface area (Å²) in [5.41, 5.74) is 1.75. The molecule has 0 bridgehead atoms. The summed E-state index contributed by atoms with van der Waals surface area (Å²) in [6.07, 6.45) is 2.37. The molecule has 2 heterocycles. The van der Waals surface area contributed by atoms with Gasteiger partial charge in [0.05, 0.1) is 44.8 Å². The van der Waals surface area contributed by atoms with Gasteiger partial charge < -0.3 is 23.4 Å². The van der Waals surface area contributed by atoms with Gasteiger partial charge in [0, 0.05) is 26.7 Å². The van der Waals surface area contributed by atoms with Crippen LogP contribution in [0.3, 0.4) is 0 Å². The average molecular weight is 390 g/mol. The molecule has 0 atom stereocenters. The van der Waals surface area contributed by atoms with Gasteiger partial charge in [-0.05, 0) is 38.0 Å². The lowest BCUT2D eigenvalue weighted by atomic mass is 10.1. The Kier molecular flexibility index (Phi) is 7.30. The molecule has 0 spiro atoms. The predicted molar refractivity (Wildman–Crippen MR) is 106 cm³/mol. The molecule has 0 saturated carbocycles. The van der Waals surface area contributed by atoms with Crippen LogP contribution in [0.5, 0.6) is 11.5 Å². The second-order valence-corrected chi connectivity index (χ2v) is 6.93. The van der Waals surface area contributed by atoms with Crippen LogP contribution in [-0.4, -0.2) is 63.6 Å². The van der Waals surface area contributed by atoms with Crippen LogP contribution in [0.2, 0.25) is 0 Å². The molecule has 1 fully saturated rings. The first kappa shape index (κ1) is 20.6. The molecule has 1 aliphatic rings. The van der Waals surface area contributed by atoms with Crippen LogP contribution in [0.4, 0.5) is 0 Å². The molecule has 0 unspecified atom stereocenters. The summed E-state index contributed by atoms with van der Waals surface area (Å²) in [6, 6.07) is 5.61. The summed E-state index contributed by atoms with van der Waals surface area (Å²) in [6.45, 7) is 6.01. The molecular formula is C21H30N2O5. The lowest BCUT2D eigenvalue weighted by Crippen LogP contribution is -2.37. The topological polar surface area (TPSA) is 66.2 Å². The molecule has 154 valence electrons. The molecular weight excluding hydrogens is 360 g/mol. The van der Waals surface area contributed by atoms with Crippen molar-refractivity contribution in [2.24, 2.45) is 0 Å². The Bertz CT molecular complexity index is 753. The Morgan fingerprint density at radius 3 is 2.57 bits per heavy atom. The van der Waals surface area contributed by atoms with Crippen molar-refractivity contribution in [1.29, 1.82) is 0 Å². The van der Waals surface area contributed by atoms with E-state index in [0.717, 1.165) is 55.2 Å². The molecule has 0 radical (unpaired) electrons. The highest BCUT2D eigenvalue weighted by molar-refractivity contribution is 5.65. The molecule has 7 heteroatoms. The summed E-state index contributed by atoms with van der Waals surface area (Å²) < 4.78 is 27.6. The molecule has 1 aliphatic heterocycles. The van der Waals surface area contributed by atoms with Crippen molar-refractivity contribution in [3.05, 3.63) is 29.7 Å². The van der Waals surface area contributed by atoms with Crippen molar-refractivity contribution >= 4 is 0 Å². The van der Waals surface area contributed by atoms with Gasteiger partial charge in [0.15, 0.2) is 0 Å². The van der Waals surface area contributed by atoms with Crippen molar-refractivity contribution in [1.82, 2.24) is 9.88 Å². The number of hydrogen-bond acceptors (Lipinski definition) is 7. The van der Waals surface area contributed by atoms with Crippen molar-refractivity contribution < 1.29 is 23.4 Å². The number of likely N-dealkylation sites (tertiary alicyclic amines) is 1. The Balaban J connectivity index is 1.64. The molecule has 2 aromatic rings. The maximum absolute atomic E-state index is 5.96. The van der Waals surface area contributed by atoms with E-state index in [1.165, 1.54) is 0 Å². The number of aromatic nitrogens is 1. The molecule has 28 heavy (non-hydrogen) atoms. The number of benzene rings is 1. The SMILES string of the molecule is COCCOC1CCN(Cc2nc(-c3cc(OC)ccc3OC)oc2C)CC1. The van der Waals surface area contributed by atoms with E-state index in [9.17, 15) is 0 Å². The highest BCUT2D eigenvalue weighted by Gasteiger charge is 2.22. The quantitative estimate of drug-likeness (QED) is 0.609. The summed E-state index contributed by atoms with van der Waals surface area (Å²) in [5.74, 6) is 2.84. The van der Waals surface area contributed by atoms with Crippen molar-refractivity contribution in [2.75, 3.05) is 47.6 Å². The first-order valence-electron chi connectivity index (χ1n) is 9.66. The highest BCUT2D eigenvalue weighted by atomic mass is 16.5. The van der Waals surface area contributed by atoms with Crippen LogP contribution < -0.4 is 9.47 Å². The van der Waals surface area contributed by atoms with Gasteiger partial charge in [-0.3, -0.25) is 4.90 Å². The predicted octanol–water partition coefficient (Wildman–Crippen LogP) is 3.29. The van der Waals surface area contributed by atoms with Gasteiger partial charge >= 0.3 is 0 Å². The fourth-order valence-electron chi connectivity index (χ4n) is 3.42. The lowest BCUT2D eigenvalue weighted by molar-refractivity contribution is -0.0159. The van der Waals surface area contributed by atoms with E-state index >= 15 is 0 Å². The maximum atomic E-state index is 5.96. The number of oxazole rings is 1. The van der Waals surface area contributed by atoms with Gasteiger partial charge in [0.25, 0.3) is 0 Å². The first-order chi connectivity index (χ1) is 13.6. The largest absolute Gasteiger partial charge is 0.497 e. The monoisotopic (exact) mass is 390 g/mol. The number of aryl methyl sites for hydroxylation is 1. The Morgan fingerprint density at radius 2 is 1.89 bits per heavy atom. The van der Waals surface area contributed by atoms with Gasteiger partial charge in [0.2, 0.25) is 5.89 Å². The second-order valence-electron chi connectivity index (χ2n) is 6.93. The van der Waals surface area contributed by atoms with Crippen molar-refractivity contribution in [3.8, 4) is 23.0 Å². The Morgan fingerprint density at radius 1 is 1.11 bits per heavy atom. The zero-order valence-electron chi connectivity index (χ0n) is 17.2. The van der Waals surface area contributed by atoms with Crippen molar-refractivity contribution in [3.63, 3.8) is 0 Å². The molecule has 1 saturated heterocycles. The van der Waals surface area contributed by atoms with Gasteiger partial charge in [-0.1, -0.05) is 0 Å². The van der Waals surface area contributed by atoms with Crippen LogP contribution in [0.15, 0.2) is 22.6 Å². The number of piperidine rings is 1. The normalized spacial score (nSPS) is 15.7. The van der Waals surface area contributed by atoms with Gasteiger partial charge in [-0.25, -0.2) is 4.98 Å². The van der Waals surface area contributed by atoms with Gasteiger partial charge in [-0.2, -0.15) is 0 Å². The summed E-state index contributed by atoms with van der Waals surface area (Å²) in [7, 11) is 4.98. The van der Waals surface area contributed by atoms with Gasteiger partial charge in [-0.15, -0.1) is 0 Å². The Labute approximate surface area is 166 Å². The minimum absolute atomic E-state index is 0.321. The first-order valence-corrected chi connectivity index (χ1v) is 9.66. The van der Waals surface area contributed by atoms with E-state index in [4.69, 9.17) is 28.3 Å². The fourth-order valence-corrected chi connectivity index (χ4v) is 3.42. The van der Waals surface area contributed by atoms with Crippen LogP contribution in [-0.2, 0) is 16.0 Å². The second kappa shape index (κ2) is 9.91. The van der Waals surface area contributed by atoms with E-state index in [2.05, 4.69) is 4.90 Å². The highest BCUT2D eigenvalue weighted by Crippen LogP contribution is 2.34. The summed E-state index contributed by atoms with van der Waals surface area (Å²) in [5, 5.41) is 0. The zero-order chi connectivity index (χ0) is 19.9. The van der Waals surface area contributed by atoms with E-state index in [1.807, 2.05) is 25.1 Å². The number of ether oxygens (including phenoxy) is 4. The van der Waals surface area contributed by atoms with Crippen LogP contribution in [0, 0.1) is 6.92 Å². The standard InChI is InChI=1S/C21H30N2O5/c1-15-19(14-23-9-7-16(8-10-23)27-12-11-24-2)22-21(28-15)18-13-17(25-3)5-6-20(18)26-4/h5-6,13,16H,7-12,14H2,1-4H3.